The molecule has 0 saturated carbocycles. The van der Waals surface area contributed by atoms with Crippen LogP contribution < -0.4 is 5.32 Å². The molecule has 0 aliphatic rings. The van der Waals surface area contributed by atoms with Gasteiger partial charge >= 0.3 is 5.97 Å². The third kappa shape index (κ3) is 4.04. The normalized spacial score (nSPS) is 10.4. The van der Waals surface area contributed by atoms with E-state index in [-0.39, 0.29) is 10.6 Å². The molecule has 0 aliphatic heterocycles. The summed E-state index contributed by atoms with van der Waals surface area (Å²) in [5, 5.41) is 19.6. The van der Waals surface area contributed by atoms with Crippen molar-refractivity contribution < 1.29 is 14.3 Å². The molecule has 27 heavy (non-hydrogen) atoms. The Bertz CT molecular complexity index is 1070. The molecule has 0 saturated heterocycles. The largest absolute Gasteiger partial charge is 0.452 e. The van der Waals surface area contributed by atoms with E-state index < -0.39 is 18.5 Å². The summed E-state index contributed by atoms with van der Waals surface area (Å²) >= 11 is 5.91. The maximum atomic E-state index is 12.1. The molecule has 0 unspecified atom stereocenters. The third-order valence-corrected chi connectivity index (χ3v) is 4.07. The van der Waals surface area contributed by atoms with Crippen LogP contribution in [-0.2, 0) is 16.1 Å². The molecule has 136 valence electrons. The maximum Gasteiger partial charge on any atom is 0.338 e. The minimum absolute atomic E-state index is 0.223. The van der Waals surface area contributed by atoms with Crippen molar-refractivity contribution in [3.8, 4) is 6.07 Å². The number of halogens is 1. The highest BCUT2D eigenvalue weighted by atomic mass is 35.5. The number of fused-ring (bicyclic) bond motifs is 1. The second kappa shape index (κ2) is 7.85. The molecular formula is C18H14ClN5O3. The summed E-state index contributed by atoms with van der Waals surface area (Å²) in [5.41, 5.74) is 2.36. The van der Waals surface area contributed by atoms with Gasteiger partial charge in [0.05, 0.1) is 21.7 Å². The molecule has 0 atom stereocenters. The van der Waals surface area contributed by atoms with Gasteiger partial charge in [-0.15, -0.1) is 5.10 Å². The number of hydrogen-bond acceptors (Lipinski definition) is 6. The first-order chi connectivity index (χ1) is 13.0. The van der Waals surface area contributed by atoms with Crippen LogP contribution >= 0.6 is 11.6 Å². The van der Waals surface area contributed by atoms with Crippen LogP contribution in [0, 0.1) is 11.3 Å². The lowest BCUT2D eigenvalue weighted by atomic mass is 10.2. The van der Waals surface area contributed by atoms with Crippen LogP contribution in [0.2, 0.25) is 5.02 Å². The van der Waals surface area contributed by atoms with Gasteiger partial charge in [-0.1, -0.05) is 16.8 Å². The number of aryl methyl sites for hydroxylation is 1. The summed E-state index contributed by atoms with van der Waals surface area (Å²) in [4.78, 5) is 24.1. The number of nitrogens with zero attached hydrogens (tertiary/aromatic N) is 4. The molecule has 8 nitrogen and oxygen atoms in total. The highest BCUT2D eigenvalue weighted by Gasteiger charge is 2.13. The third-order valence-electron chi connectivity index (χ3n) is 3.76. The van der Waals surface area contributed by atoms with Crippen LogP contribution in [0.4, 0.5) is 5.69 Å². The van der Waals surface area contributed by atoms with Crippen molar-refractivity contribution >= 4 is 40.2 Å². The lowest BCUT2D eigenvalue weighted by Gasteiger charge is -2.07. The first-order valence-electron chi connectivity index (χ1n) is 8.01. The highest BCUT2D eigenvalue weighted by molar-refractivity contribution is 6.32. The van der Waals surface area contributed by atoms with Gasteiger partial charge in [-0.2, -0.15) is 5.26 Å². The summed E-state index contributed by atoms with van der Waals surface area (Å²) in [6, 6.07) is 11.3. The molecular weight excluding hydrogens is 370 g/mol. The van der Waals surface area contributed by atoms with Gasteiger partial charge in [0.2, 0.25) is 0 Å². The van der Waals surface area contributed by atoms with Crippen LogP contribution in [0.25, 0.3) is 11.0 Å². The zero-order chi connectivity index (χ0) is 19.4. The number of carbonyl (C=O) groups is 2. The monoisotopic (exact) mass is 383 g/mol. The van der Waals surface area contributed by atoms with Crippen molar-refractivity contribution in [2.24, 2.45) is 0 Å². The van der Waals surface area contributed by atoms with Crippen molar-refractivity contribution in [1.82, 2.24) is 15.0 Å². The van der Waals surface area contributed by atoms with Crippen molar-refractivity contribution in [2.75, 3.05) is 11.9 Å². The zero-order valence-electron chi connectivity index (χ0n) is 14.3. The number of hydrogen-bond donors (Lipinski definition) is 1. The van der Waals surface area contributed by atoms with Gasteiger partial charge in [0.25, 0.3) is 5.91 Å². The van der Waals surface area contributed by atoms with E-state index in [1.165, 1.54) is 18.2 Å². The summed E-state index contributed by atoms with van der Waals surface area (Å²) in [7, 11) is 0. The average molecular weight is 384 g/mol. The number of rotatable bonds is 5. The number of nitrogens with one attached hydrogen (secondary N) is 1. The summed E-state index contributed by atoms with van der Waals surface area (Å²) in [6.45, 7) is 2.14. The summed E-state index contributed by atoms with van der Waals surface area (Å²) < 4.78 is 6.74. The van der Waals surface area contributed by atoms with Gasteiger partial charge in [0, 0.05) is 12.2 Å². The van der Waals surface area contributed by atoms with Crippen LogP contribution in [0.15, 0.2) is 36.4 Å². The first-order valence-corrected chi connectivity index (χ1v) is 8.39. The number of aromatic nitrogens is 3. The minimum Gasteiger partial charge on any atom is -0.452 e. The fraction of sp³-hybridized carbons (Fsp3) is 0.167. The van der Waals surface area contributed by atoms with E-state index in [1.807, 2.05) is 13.0 Å². The number of nitriles is 1. The molecule has 1 heterocycles. The number of amides is 1. The van der Waals surface area contributed by atoms with E-state index in [2.05, 4.69) is 15.6 Å². The minimum atomic E-state index is -0.643. The molecule has 1 N–H and O–H groups in total. The molecule has 3 aromatic rings. The van der Waals surface area contributed by atoms with E-state index >= 15 is 0 Å². The highest BCUT2D eigenvalue weighted by Crippen LogP contribution is 2.20. The van der Waals surface area contributed by atoms with Crippen LogP contribution in [0.1, 0.15) is 22.8 Å². The maximum absolute atomic E-state index is 12.1. The van der Waals surface area contributed by atoms with Gasteiger partial charge in [-0.05, 0) is 43.3 Å². The quantitative estimate of drug-likeness (QED) is 0.678. The Labute approximate surface area is 159 Å². The smallest absolute Gasteiger partial charge is 0.338 e. The van der Waals surface area contributed by atoms with E-state index in [9.17, 15) is 9.59 Å². The Morgan fingerprint density at radius 2 is 2.11 bits per heavy atom. The Kier molecular flexibility index (Phi) is 5.33. The molecule has 0 fully saturated rings. The second-order valence-corrected chi connectivity index (χ2v) is 5.95. The van der Waals surface area contributed by atoms with Gasteiger partial charge in [-0.25, -0.2) is 9.48 Å². The standard InChI is InChI=1S/C18H14ClN5O3/c1-2-24-16-6-4-11(7-15(16)22-23-24)18(26)27-10-17(25)21-13-5-3-12(9-20)14(19)8-13/h3-8H,2,10H2,1H3,(H,21,25). The topological polar surface area (TPSA) is 110 Å². The lowest BCUT2D eigenvalue weighted by molar-refractivity contribution is -0.119. The lowest BCUT2D eigenvalue weighted by Crippen LogP contribution is -2.21. The fourth-order valence-corrected chi connectivity index (χ4v) is 2.65. The molecule has 9 heteroatoms. The molecule has 3 rings (SSSR count). The second-order valence-electron chi connectivity index (χ2n) is 5.54. The first kappa shape index (κ1) is 18.4. The van der Waals surface area contributed by atoms with Crippen LogP contribution in [0.5, 0.6) is 0 Å². The SMILES string of the molecule is CCn1nnc2cc(C(=O)OCC(=O)Nc3ccc(C#N)c(Cl)c3)ccc21. The number of esters is 1. The number of anilines is 1. The van der Waals surface area contributed by atoms with Crippen molar-refractivity contribution in [1.29, 1.82) is 5.26 Å². The van der Waals surface area contributed by atoms with Crippen molar-refractivity contribution in [3.63, 3.8) is 0 Å². The molecule has 0 aliphatic carbocycles. The predicted octanol–water partition coefficient (Wildman–Crippen LogP) is 2.77. The molecule has 1 amide bonds. The van der Waals surface area contributed by atoms with E-state index in [4.69, 9.17) is 21.6 Å². The molecule has 1 aromatic heterocycles. The molecule has 0 spiro atoms. The van der Waals surface area contributed by atoms with Gasteiger partial charge in [-0.3, -0.25) is 4.79 Å². The average Bonchev–Trinajstić information content (AvgIpc) is 3.08. The molecule has 0 radical (unpaired) electrons. The Balaban J connectivity index is 1.61. The van der Waals surface area contributed by atoms with Gasteiger partial charge in [0.15, 0.2) is 6.61 Å². The fourth-order valence-electron chi connectivity index (χ4n) is 2.43. The van der Waals surface area contributed by atoms with E-state index in [0.717, 1.165) is 5.52 Å². The van der Waals surface area contributed by atoms with Gasteiger partial charge < -0.3 is 10.1 Å². The van der Waals surface area contributed by atoms with E-state index in [0.29, 0.717) is 23.3 Å². The predicted molar refractivity (Wildman–Crippen MR) is 98.3 cm³/mol. The number of ether oxygens (including phenoxy) is 1. The van der Waals surface area contributed by atoms with Crippen LogP contribution in [-0.4, -0.2) is 33.5 Å². The summed E-state index contributed by atoms with van der Waals surface area (Å²) in [5.74, 6) is -1.17. The van der Waals surface area contributed by atoms with E-state index in [1.54, 1.807) is 22.9 Å². The number of benzene rings is 2. The van der Waals surface area contributed by atoms with Crippen molar-refractivity contribution in [2.45, 2.75) is 13.5 Å². The number of carbonyl (C=O) groups excluding carboxylic acids is 2. The summed E-state index contributed by atoms with van der Waals surface area (Å²) in [6.07, 6.45) is 0. The van der Waals surface area contributed by atoms with Crippen molar-refractivity contribution in [3.05, 3.63) is 52.5 Å². The van der Waals surface area contributed by atoms with Gasteiger partial charge in [0.1, 0.15) is 11.6 Å². The Hall–Kier alpha value is -3.44. The zero-order valence-corrected chi connectivity index (χ0v) is 15.0. The van der Waals surface area contributed by atoms with Crippen LogP contribution in [0.3, 0.4) is 0 Å². The Morgan fingerprint density at radius 3 is 2.81 bits per heavy atom. The molecule has 0 bridgehead atoms. The molecule has 2 aromatic carbocycles. The Morgan fingerprint density at radius 1 is 1.30 bits per heavy atom.